The lowest BCUT2D eigenvalue weighted by molar-refractivity contribution is -0.243. The summed E-state index contributed by atoms with van der Waals surface area (Å²) in [5.74, 6) is 0.897. The lowest BCUT2D eigenvalue weighted by Crippen LogP contribution is -2.51. The molecule has 1 aliphatic heterocycles. The maximum atomic E-state index is 9.44. The normalized spacial score (nSPS) is 15.7. The number of rotatable bonds is 12. The summed E-state index contributed by atoms with van der Waals surface area (Å²) < 4.78 is 10.9. The van der Waals surface area contributed by atoms with Crippen LogP contribution < -0.4 is 4.74 Å². The minimum Gasteiger partial charge on any atom is -0.494 e. The molecule has 0 unspecified atom stereocenters. The van der Waals surface area contributed by atoms with Crippen molar-refractivity contribution in [2.24, 2.45) is 5.41 Å². The fourth-order valence-electron chi connectivity index (χ4n) is 3.41. The Bertz CT molecular complexity index is 651. The molecule has 148 valence electrons. The second-order valence-electron chi connectivity index (χ2n) is 7.44. The third-order valence-corrected chi connectivity index (χ3v) is 5.33. The molecule has 3 N–H and O–H groups in total. The number of H-pyrrole nitrogens is 1. The summed E-state index contributed by atoms with van der Waals surface area (Å²) in [5.41, 5.74) is 1.70. The van der Waals surface area contributed by atoms with Gasteiger partial charge in [-0.2, -0.15) is 5.10 Å². The van der Waals surface area contributed by atoms with Gasteiger partial charge < -0.3 is 19.7 Å². The average molecular weight is 374 g/mol. The van der Waals surface area contributed by atoms with E-state index in [4.69, 9.17) is 9.47 Å². The largest absolute Gasteiger partial charge is 0.494 e. The van der Waals surface area contributed by atoms with E-state index < -0.39 is 11.7 Å². The van der Waals surface area contributed by atoms with Crippen molar-refractivity contribution in [3.63, 3.8) is 0 Å². The Labute approximate surface area is 160 Å². The Hall–Kier alpha value is -1.89. The van der Waals surface area contributed by atoms with E-state index in [2.05, 4.69) is 10.2 Å². The van der Waals surface area contributed by atoms with E-state index in [1.165, 1.54) is 12.8 Å². The third kappa shape index (κ3) is 5.54. The van der Waals surface area contributed by atoms with Crippen molar-refractivity contribution in [2.75, 3.05) is 19.8 Å². The number of ether oxygens (including phenoxy) is 2. The van der Waals surface area contributed by atoms with Gasteiger partial charge in [0.1, 0.15) is 5.75 Å². The first-order valence-corrected chi connectivity index (χ1v) is 9.86. The van der Waals surface area contributed by atoms with Gasteiger partial charge >= 0.3 is 0 Å². The number of nitrogens with one attached hydrogen (secondary N) is 1. The van der Waals surface area contributed by atoms with E-state index in [0.717, 1.165) is 55.7 Å². The standard InChI is InChI=1S/C21H30N2O4/c24-20(25)21(15-26-16-21)12-5-3-1-2-4-6-14-27-18-9-7-17(8-10-18)19-11-13-22-23-19/h7-11,13,20,24-25H,1-6,12,14-16H2,(H,22,23). The highest BCUT2D eigenvalue weighted by Gasteiger charge is 2.43. The zero-order chi connectivity index (χ0) is 19.0. The molecule has 0 atom stereocenters. The van der Waals surface area contributed by atoms with E-state index >= 15 is 0 Å². The molecule has 0 amide bonds. The molecule has 1 aliphatic rings. The number of benzene rings is 1. The predicted molar refractivity (Wildman–Crippen MR) is 103 cm³/mol. The number of aromatic nitrogens is 2. The third-order valence-electron chi connectivity index (χ3n) is 5.33. The number of hydrogen-bond donors (Lipinski definition) is 3. The van der Waals surface area contributed by atoms with Crippen LogP contribution in [0.3, 0.4) is 0 Å². The molecule has 3 rings (SSSR count). The predicted octanol–water partition coefficient (Wildman–Crippen LogP) is 3.51. The first-order valence-electron chi connectivity index (χ1n) is 9.86. The molecule has 2 heterocycles. The SMILES string of the molecule is OC(O)C1(CCCCCCCCOc2ccc(-c3ccn[nH]3)cc2)COC1. The molecule has 0 aliphatic carbocycles. The highest BCUT2D eigenvalue weighted by atomic mass is 16.5. The van der Waals surface area contributed by atoms with Crippen molar-refractivity contribution < 1.29 is 19.7 Å². The van der Waals surface area contributed by atoms with Crippen molar-refractivity contribution in [3.05, 3.63) is 36.5 Å². The lowest BCUT2D eigenvalue weighted by atomic mass is 9.80. The van der Waals surface area contributed by atoms with Crippen LogP contribution in [0.2, 0.25) is 0 Å². The van der Waals surface area contributed by atoms with Crippen LogP contribution in [0.15, 0.2) is 36.5 Å². The highest BCUT2D eigenvalue weighted by Crippen LogP contribution is 2.36. The van der Waals surface area contributed by atoms with Crippen LogP contribution in [-0.2, 0) is 4.74 Å². The van der Waals surface area contributed by atoms with E-state index in [-0.39, 0.29) is 0 Å². The Morgan fingerprint density at radius 2 is 1.70 bits per heavy atom. The van der Waals surface area contributed by atoms with Gasteiger partial charge in [0, 0.05) is 6.20 Å². The molecule has 1 fully saturated rings. The molecule has 27 heavy (non-hydrogen) atoms. The monoisotopic (exact) mass is 374 g/mol. The number of hydrogen-bond acceptors (Lipinski definition) is 5. The molecular formula is C21H30N2O4. The van der Waals surface area contributed by atoms with Crippen LogP contribution in [0, 0.1) is 5.41 Å². The van der Waals surface area contributed by atoms with Crippen LogP contribution in [0.4, 0.5) is 0 Å². The Morgan fingerprint density at radius 1 is 1.00 bits per heavy atom. The molecule has 0 radical (unpaired) electrons. The molecule has 0 saturated carbocycles. The van der Waals surface area contributed by atoms with Crippen LogP contribution in [0.1, 0.15) is 44.9 Å². The molecule has 1 saturated heterocycles. The van der Waals surface area contributed by atoms with Crippen molar-refractivity contribution in [1.29, 1.82) is 0 Å². The van der Waals surface area contributed by atoms with Gasteiger partial charge in [-0.1, -0.05) is 32.1 Å². The fraction of sp³-hybridized carbons (Fsp3) is 0.571. The van der Waals surface area contributed by atoms with Gasteiger partial charge in [-0.3, -0.25) is 5.10 Å². The Kier molecular flexibility index (Phi) is 7.26. The fourth-order valence-corrected chi connectivity index (χ4v) is 3.41. The van der Waals surface area contributed by atoms with Gasteiger partial charge in [0.25, 0.3) is 0 Å². The molecule has 2 aromatic rings. The lowest BCUT2D eigenvalue weighted by Gasteiger charge is -2.42. The molecule has 6 heteroatoms. The van der Waals surface area contributed by atoms with Crippen LogP contribution in [-0.4, -0.2) is 46.5 Å². The van der Waals surface area contributed by atoms with Gasteiger partial charge in [0.05, 0.1) is 30.9 Å². The quantitative estimate of drug-likeness (QED) is 0.391. The minimum atomic E-state index is -1.25. The van der Waals surface area contributed by atoms with E-state index in [9.17, 15) is 10.2 Å². The summed E-state index contributed by atoms with van der Waals surface area (Å²) in [6, 6.07) is 10.00. The first kappa shape index (κ1) is 19.9. The van der Waals surface area contributed by atoms with E-state index in [1.807, 2.05) is 30.3 Å². The molecule has 6 nitrogen and oxygen atoms in total. The first-order chi connectivity index (χ1) is 13.2. The Morgan fingerprint density at radius 3 is 2.30 bits per heavy atom. The molecule has 1 aromatic heterocycles. The van der Waals surface area contributed by atoms with Gasteiger partial charge in [-0.05, 0) is 48.7 Å². The maximum Gasteiger partial charge on any atom is 0.161 e. The zero-order valence-electron chi connectivity index (χ0n) is 15.8. The van der Waals surface area contributed by atoms with Crippen molar-refractivity contribution in [2.45, 2.75) is 51.2 Å². The summed E-state index contributed by atoms with van der Waals surface area (Å²) in [4.78, 5) is 0. The van der Waals surface area contributed by atoms with Crippen LogP contribution >= 0.6 is 0 Å². The molecule has 0 spiro atoms. The average Bonchev–Trinajstić information content (AvgIpc) is 3.17. The summed E-state index contributed by atoms with van der Waals surface area (Å²) in [5, 5.41) is 25.8. The minimum absolute atomic E-state index is 0.402. The molecule has 1 aromatic carbocycles. The maximum absolute atomic E-state index is 9.44. The topological polar surface area (TPSA) is 87.6 Å². The number of aliphatic hydroxyl groups is 2. The summed E-state index contributed by atoms with van der Waals surface area (Å²) in [6.45, 7) is 1.69. The van der Waals surface area contributed by atoms with Crippen molar-refractivity contribution in [3.8, 4) is 17.0 Å². The summed E-state index contributed by atoms with van der Waals surface area (Å²) in [7, 11) is 0. The van der Waals surface area contributed by atoms with Gasteiger partial charge in [0.2, 0.25) is 0 Å². The number of unbranched alkanes of at least 4 members (excludes halogenated alkanes) is 5. The van der Waals surface area contributed by atoms with Gasteiger partial charge in [-0.25, -0.2) is 0 Å². The van der Waals surface area contributed by atoms with Crippen molar-refractivity contribution in [1.82, 2.24) is 10.2 Å². The van der Waals surface area contributed by atoms with Gasteiger partial charge in [0.15, 0.2) is 6.29 Å². The van der Waals surface area contributed by atoms with E-state index in [1.54, 1.807) is 6.20 Å². The number of aliphatic hydroxyl groups excluding tert-OH is 1. The molecule has 0 bridgehead atoms. The van der Waals surface area contributed by atoms with E-state index in [0.29, 0.717) is 13.2 Å². The van der Waals surface area contributed by atoms with Crippen molar-refractivity contribution >= 4 is 0 Å². The Balaban J connectivity index is 1.21. The highest BCUT2D eigenvalue weighted by molar-refractivity contribution is 5.59. The second kappa shape index (κ2) is 9.88. The molecular weight excluding hydrogens is 344 g/mol. The second-order valence-corrected chi connectivity index (χ2v) is 7.44. The summed E-state index contributed by atoms with van der Waals surface area (Å²) >= 11 is 0. The number of aromatic amines is 1. The van der Waals surface area contributed by atoms with Crippen LogP contribution in [0.25, 0.3) is 11.3 Å². The zero-order valence-corrected chi connectivity index (χ0v) is 15.8. The van der Waals surface area contributed by atoms with Crippen LogP contribution in [0.5, 0.6) is 5.75 Å². The summed E-state index contributed by atoms with van der Waals surface area (Å²) in [6.07, 6.45) is 8.06. The smallest absolute Gasteiger partial charge is 0.161 e. The number of nitrogens with zero attached hydrogens (tertiary/aromatic N) is 1. The van der Waals surface area contributed by atoms with Gasteiger partial charge in [-0.15, -0.1) is 0 Å².